The van der Waals surface area contributed by atoms with Crippen molar-refractivity contribution in [2.75, 3.05) is 12.4 Å². The molecule has 5 nitrogen and oxygen atoms in total. The smallest absolute Gasteiger partial charge is 0.260 e. The molecule has 1 aliphatic heterocycles. The second-order valence-electron chi connectivity index (χ2n) is 7.73. The lowest BCUT2D eigenvalue weighted by Crippen LogP contribution is -2.30. The van der Waals surface area contributed by atoms with E-state index in [-0.39, 0.29) is 18.0 Å². The first-order valence-electron chi connectivity index (χ1n) is 10.8. The van der Waals surface area contributed by atoms with Gasteiger partial charge in [0, 0.05) is 21.3 Å². The van der Waals surface area contributed by atoms with Crippen molar-refractivity contribution < 1.29 is 14.3 Å². The zero-order valence-electron chi connectivity index (χ0n) is 19.0. The minimum absolute atomic E-state index is 0.121. The fraction of sp³-hybridized carbons (Fsp3) is 0.192. The van der Waals surface area contributed by atoms with E-state index in [0.29, 0.717) is 26.4 Å². The van der Waals surface area contributed by atoms with Gasteiger partial charge in [-0.15, -0.1) is 0 Å². The van der Waals surface area contributed by atoms with Gasteiger partial charge in [-0.25, -0.2) is 0 Å². The van der Waals surface area contributed by atoms with Crippen LogP contribution in [0, 0.1) is 3.57 Å². The Labute approximate surface area is 232 Å². The number of benzene rings is 3. The molecule has 1 saturated heterocycles. The van der Waals surface area contributed by atoms with E-state index in [2.05, 4.69) is 52.3 Å². The summed E-state index contributed by atoms with van der Waals surface area (Å²) in [5.41, 5.74) is 3.65. The highest BCUT2D eigenvalue weighted by Crippen LogP contribution is 2.37. The number of rotatable bonds is 8. The van der Waals surface area contributed by atoms with Crippen molar-refractivity contribution in [1.29, 1.82) is 0 Å². The number of carbonyl (C=O) groups excluding carboxylic acids is 1. The van der Waals surface area contributed by atoms with Crippen LogP contribution in [0.25, 0.3) is 6.08 Å². The predicted molar refractivity (Wildman–Crippen MR) is 153 cm³/mol. The average Bonchev–Trinajstić information content (AvgIpc) is 3.17. The maximum absolute atomic E-state index is 12.6. The Balaban J connectivity index is 1.47. The van der Waals surface area contributed by atoms with Crippen LogP contribution in [0.3, 0.4) is 0 Å². The van der Waals surface area contributed by atoms with Crippen molar-refractivity contribution in [3.05, 3.63) is 89.8 Å². The average molecular weight is 641 g/mol. The molecule has 0 bridgehead atoms. The lowest BCUT2D eigenvalue weighted by molar-refractivity contribution is -0.116. The van der Waals surface area contributed by atoms with Gasteiger partial charge in [-0.05, 0) is 82.6 Å². The maximum atomic E-state index is 12.6. The molecule has 1 aliphatic rings. The molecule has 0 unspecified atom stereocenters. The van der Waals surface area contributed by atoms with Crippen molar-refractivity contribution >= 4 is 75.2 Å². The molecule has 4 rings (SSSR count). The van der Waals surface area contributed by atoms with Gasteiger partial charge in [0.2, 0.25) is 0 Å². The number of thioether (sulfide) groups is 1. The van der Waals surface area contributed by atoms with Crippen LogP contribution in [0.2, 0.25) is 10.0 Å². The summed E-state index contributed by atoms with van der Waals surface area (Å²) in [6.45, 7) is 2.39. The van der Waals surface area contributed by atoms with Crippen LogP contribution in [0.1, 0.15) is 23.6 Å². The Morgan fingerprint density at radius 2 is 1.91 bits per heavy atom. The van der Waals surface area contributed by atoms with Crippen molar-refractivity contribution in [2.24, 2.45) is 0 Å². The molecule has 3 aromatic carbocycles. The van der Waals surface area contributed by atoms with E-state index in [1.807, 2.05) is 36.4 Å². The molecule has 0 spiro atoms. The minimum atomic E-state index is -0.242. The maximum Gasteiger partial charge on any atom is 0.260 e. The van der Waals surface area contributed by atoms with Gasteiger partial charge in [0.1, 0.15) is 6.61 Å². The highest BCUT2D eigenvalue weighted by Gasteiger charge is 2.27. The van der Waals surface area contributed by atoms with E-state index in [1.54, 1.807) is 19.2 Å². The van der Waals surface area contributed by atoms with Crippen LogP contribution >= 0.6 is 57.6 Å². The van der Waals surface area contributed by atoms with E-state index < -0.39 is 0 Å². The van der Waals surface area contributed by atoms with Crippen LogP contribution in [0.4, 0.5) is 5.69 Å². The molecule has 2 N–H and O–H groups in total. The number of hydrogen-bond acceptors (Lipinski definition) is 5. The van der Waals surface area contributed by atoms with Crippen LogP contribution in [0.15, 0.2) is 59.5 Å². The fourth-order valence-electron chi connectivity index (χ4n) is 3.46. The topological polar surface area (TPSA) is 59.6 Å². The monoisotopic (exact) mass is 640 g/mol. The van der Waals surface area contributed by atoms with Crippen molar-refractivity contribution in [3.8, 4) is 11.5 Å². The second kappa shape index (κ2) is 11.8. The molecular weight excluding hydrogens is 618 g/mol. The Bertz CT molecular complexity index is 1270. The van der Waals surface area contributed by atoms with Gasteiger partial charge < -0.3 is 20.1 Å². The molecule has 9 heteroatoms. The molecule has 0 saturated carbocycles. The third-order valence-electron chi connectivity index (χ3n) is 5.33. The summed E-state index contributed by atoms with van der Waals surface area (Å²) in [6.07, 6.45) is 2.84. The summed E-state index contributed by atoms with van der Waals surface area (Å²) >= 11 is 15.9. The Morgan fingerprint density at radius 3 is 2.60 bits per heavy atom. The summed E-state index contributed by atoms with van der Waals surface area (Å²) in [5.74, 6) is 1.06. The summed E-state index contributed by atoms with van der Waals surface area (Å²) in [5, 5.41) is 7.43. The molecule has 182 valence electrons. The van der Waals surface area contributed by atoms with Gasteiger partial charge in [0.15, 0.2) is 17.0 Å². The first-order valence-corrected chi connectivity index (χ1v) is 13.6. The standard InChI is InChI=1S/C26H23Cl2IN2O3S/c1-3-15-4-8-19(9-5-15)30-26-31-25(32)23(35-26)12-16-10-21(29)24(22(11-16)33-2)34-14-17-6-7-18(27)13-20(17)28/h4-13,26,30H,3,14H2,1-2H3,(H,31,32)/b23-12-/t26-/m0/s1. The number of ether oxygens (including phenoxy) is 2. The third-order valence-corrected chi connectivity index (χ3v) is 7.74. The van der Waals surface area contributed by atoms with E-state index >= 15 is 0 Å². The first-order chi connectivity index (χ1) is 16.9. The number of methoxy groups -OCH3 is 1. The number of anilines is 1. The summed E-state index contributed by atoms with van der Waals surface area (Å²) in [7, 11) is 1.59. The van der Waals surface area contributed by atoms with Gasteiger partial charge in [-0.1, -0.05) is 60.1 Å². The SMILES string of the molecule is CCc1ccc(N[C@H]2NC(=O)/C(=C/c3cc(I)c(OCc4ccc(Cl)cc4Cl)c(OC)c3)S2)cc1. The molecule has 0 aliphatic carbocycles. The van der Waals surface area contributed by atoms with Crippen molar-refractivity contribution in [3.63, 3.8) is 0 Å². The second-order valence-corrected chi connectivity index (χ2v) is 10.9. The Morgan fingerprint density at radius 1 is 1.14 bits per heavy atom. The fourth-order valence-corrected chi connectivity index (χ4v) is 5.69. The molecule has 1 fully saturated rings. The quantitative estimate of drug-likeness (QED) is 0.199. The van der Waals surface area contributed by atoms with Gasteiger partial charge in [-0.2, -0.15) is 0 Å². The van der Waals surface area contributed by atoms with E-state index in [9.17, 15) is 4.79 Å². The molecular formula is C26H23Cl2IN2O3S. The highest BCUT2D eigenvalue weighted by molar-refractivity contribution is 14.1. The molecule has 1 heterocycles. The Hall–Kier alpha value is -2.07. The predicted octanol–water partition coefficient (Wildman–Crippen LogP) is 7.35. The summed E-state index contributed by atoms with van der Waals surface area (Å²) in [6, 6.07) is 17.3. The normalized spacial score (nSPS) is 16.3. The van der Waals surface area contributed by atoms with Gasteiger partial charge >= 0.3 is 0 Å². The summed E-state index contributed by atoms with van der Waals surface area (Å²) in [4.78, 5) is 13.2. The van der Waals surface area contributed by atoms with E-state index in [0.717, 1.165) is 26.8 Å². The first kappa shape index (κ1) is 26.0. The number of amides is 1. The van der Waals surface area contributed by atoms with Gasteiger partial charge in [-0.3, -0.25) is 4.79 Å². The molecule has 0 radical (unpaired) electrons. The molecule has 1 atom stereocenters. The number of halogens is 3. The van der Waals surface area contributed by atoms with Crippen LogP contribution in [0.5, 0.6) is 11.5 Å². The van der Waals surface area contributed by atoms with Crippen LogP contribution in [-0.4, -0.2) is 18.5 Å². The van der Waals surface area contributed by atoms with E-state index in [1.165, 1.54) is 17.3 Å². The number of carbonyl (C=O) groups is 1. The Kier molecular flexibility index (Phi) is 8.75. The molecule has 1 amide bonds. The lowest BCUT2D eigenvalue weighted by Gasteiger charge is -2.14. The van der Waals surface area contributed by atoms with Crippen molar-refractivity contribution in [2.45, 2.75) is 25.4 Å². The van der Waals surface area contributed by atoms with Crippen LogP contribution < -0.4 is 20.1 Å². The minimum Gasteiger partial charge on any atom is -0.493 e. The summed E-state index contributed by atoms with van der Waals surface area (Å²) < 4.78 is 12.5. The third kappa shape index (κ3) is 6.58. The number of hydrogen-bond donors (Lipinski definition) is 2. The lowest BCUT2D eigenvalue weighted by atomic mass is 10.1. The zero-order chi connectivity index (χ0) is 24.9. The van der Waals surface area contributed by atoms with Gasteiger partial charge in [0.25, 0.3) is 5.91 Å². The zero-order valence-corrected chi connectivity index (χ0v) is 23.5. The number of aryl methyl sites for hydroxylation is 1. The molecule has 0 aromatic heterocycles. The number of nitrogens with one attached hydrogen (secondary N) is 2. The van der Waals surface area contributed by atoms with Crippen molar-refractivity contribution in [1.82, 2.24) is 5.32 Å². The largest absolute Gasteiger partial charge is 0.493 e. The van der Waals surface area contributed by atoms with Crippen LogP contribution in [-0.2, 0) is 17.8 Å². The molecule has 3 aromatic rings. The van der Waals surface area contributed by atoms with E-state index in [4.69, 9.17) is 32.7 Å². The van der Waals surface area contributed by atoms with Gasteiger partial charge in [0.05, 0.1) is 15.6 Å². The molecule has 35 heavy (non-hydrogen) atoms. The highest BCUT2D eigenvalue weighted by atomic mass is 127.